The summed E-state index contributed by atoms with van der Waals surface area (Å²) < 4.78 is 5.25. The molecule has 2 atom stereocenters. The normalized spacial score (nSPS) is 36.9. The van der Waals surface area contributed by atoms with Crippen LogP contribution in [0.15, 0.2) is 0 Å². The minimum Gasteiger partial charge on any atom is -0.368 e. The zero-order chi connectivity index (χ0) is 6.85. The summed E-state index contributed by atoms with van der Waals surface area (Å²) in [5.74, 6) is 0.244. The fourth-order valence-electron chi connectivity index (χ4n) is 1.04. The second kappa shape index (κ2) is 2.48. The Labute approximate surface area is 55.2 Å². The zero-order valence-corrected chi connectivity index (χ0v) is 5.89. The molecule has 0 radical (unpaired) electrons. The summed E-state index contributed by atoms with van der Waals surface area (Å²) in [7, 11) is 0. The number of rotatable bonds is 0. The number of ketones is 1. The second-order valence-corrected chi connectivity index (χ2v) is 2.59. The highest BCUT2D eigenvalue weighted by molar-refractivity contribution is 5.83. The van der Waals surface area contributed by atoms with Crippen LogP contribution in [0.4, 0.5) is 0 Å². The fourth-order valence-corrected chi connectivity index (χ4v) is 1.04. The molecule has 1 fully saturated rings. The highest BCUT2D eigenvalue weighted by atomic mass is 16.5. The maximum Gasteiger partial charge on any atom is 0.161 e. The van der Waals surface area contributed by atoms with Crippen LogP contribution in [0.25, 0.3) is 0 Å². The van der Waals surface area contributed by atoms with Gasteiger partial charge in [-0.05, 0) is 20.3 Å². The van der Waals surface area contributed by atoms with Crippen LogP contribution in [0.3, 0.4) is 0 Å². The first-order valence-electron chi connectivity index (χ1n) is 3.38. The van der Waals surface area contributed by atoms with Gasteiger partial charge in [-0.3, -0.25) is 4.79 Å². The van der Waals surface area contributed by atoms with Crippen molar-refractivity contribution in [3.63, 3.8) is 0 Å². The molecule has 52 valence electrons. The molecular formula is C7H12O2. The molecule has 0 amide bonds. The first-order valence-corrected chi connectivity index (χ1v) is 3.38. The molecule has 0 unspecified atom stereocenters. The monoisotopic (exact) mass is 128 g/mol. The number of Topliss-reactive ketones (excluding diaryl/α,β-unsaturated/α-hetero) is 1. The number of carbonyl (C=O) groups excluding carboxylic acids is 1. The lowest BCUT2D eigenvalue weighted by atomic mass is 10.1. The van der Waals surface area contributed by atoms with Gasteiger partial charge < -0.3 is 4.74 Å². The smallest absolute Gasteiger partial charge is 0.161 e. The summed E-state index contributed by atoms with van der Waals surface area (Å²) in [6, 6.07) is 0. The molecule has 0 N–H and O–H groups in total. The molecule has 9 heavy (non-hydrogen) atoms. The van der Waals surface area contributed by atoms with E-state index in [0.717, 1.165) is 6.42 Å². The van der Waals surface area contributed by atoms with Gasteiger partial charge in [0.05, 0.1) is 6.10 Å². The van der Waals surface area contributed by atoms with E-state index < -0.39 is 0 Å². The van der Waals surface area contributed by atoms with Gasteiger partial charge in [-0.2, -0.15) is 0 Å². The van der Waals surface area contributed by atoms with Crippen molar-refractivity contribution in [3.8, 4) is 0 Å². The topological polar surface area (TPSA) is 26.3 Å². The SMILES string of the molecule is C[C@H]1CCC(=O)[C@@H](C)O1. The maximum absolute atomic E-state index is 10.8. The minimum atomic E-state index is -0.159. The van der Waals surface area contributed by atoms with Crippen LogP contribution in [-0.4, -0.2) is 18.0 Å². The minimum absolute atomic E-state index is 0.159. The molecule has 0 aliphatic carbocycles. The molecule has 1 aliphatic heterocycles. The van der Waals surface area contributed by atoms with E-state index in [4.69, 9.17) is 4.74 Å². The van der Waals surface area contributed by atoms with Crippen molar-refractivity contribution in [1.82, 2.24) is 0 Å². The van der Waals surface area contributed by atoms with Gasteiger partial charge in [-0.15, -0.1) is 0 Å². The standard InChI is InChI=1S/C7H12O2/c1-5-3-4-7(8)6(2)9-5/h5-6H,3-4H2,1-2H3/t5-,6+/m0/s1. The molecule has 1 aliphatic rings. The van der Waals surface area contributed by atoms with Crippen molar-refractivity contribution in [1.29, 1.82) is 0 Å². The van der Waals surface area contributed by atoms with E-state index in [0.29, 0.717) is 6.42 Å². The molecule has 0 bridgehead atoms. The Morgan fingerprint density at radius 2 is 2.22 bits per heavy atom. The number of carbonyl (C=O) groups is 1. The van der Waals surface area contributed by atoms with Gasteiger partial charge in [0.2, 0.25) is 0 Å². The van der Waals surface area contributed by atoms with Gasteiger partial charge >= 0.3 is 0 Å². The lowest BCUT2D eigenvalue weighted by Crippen LogP contribution is -2.31. The molecule has 2 nitrogen and oxygen atoms in total. The van der Waals surface area contributed by atoms with Gasteiger partial charge in [-0.1, -0.05) is 0 Å². The van der Waals surface area contributed by atoms with Gasteiger partial charge in [0.15, 0.2) is 5.78 Å². The van der Waals surface area contributed by atoms with E-state index in [1.54, 1.807) is 0 Å². The van der Waals surface area contributed by atoms with E-state index in [2.05, 4.69) is 0 Å². The first-order chi connectivity index (χ1) is 4.20. The summed E-state index contributed by atoms with van der Waals surface area (Å²) >= 11 is 0. The quantitative estimate of drug-likeness (QED) is 0.489. The second-order valence-electron chi connectivity index (χ2n) is 2.59. The lowest BCUT2D eigenvalue weighted by molar-refractivity contribution is -0.139. The first kappa shape index (κ1) is 6.75. The summed E-state index contributed by atoms with van der Waals surface area (Å²) in [6.07, 6.45) is 1.71. The highest BCUT2D eigenvalue weighted by Crippen LogP contribution is 2.14. The van der Waals surface area contributed by atoms with Crippen LogP contribution in [0.5, 0.6) is 0 Å². The van der Waals surface area contributed by atoms with E-state index in [1.807, 2.05) is 13.8 Å². The lowest BCUT2D eigenvalue weighted by Gasteiger charge is -2.23. The van der Waals surface area contributed by atoms with Crippen LogP contribution in [0, 0.1) is 0 Å². The third-order valence-corrected chi connectivity index (χ3v) is 1.69. The van der Waals surface area contributed by atoms with Crippen LogP contribution < -0.4 is 0 Å². The number of hydrogen-bond donors (Lipinski definition) is 0. The molecule has 0 aromatic heterocycles. The third kappa shape index (κ3) is 1.52. The summed E-state index contributed by atoms with van der Waals surface area (Å²) in [5.41, 5.74) is 0. The van der Waals surface area contributed by atoms with Gasteiger partial charge in [-0.25, -0.2) is 0 Å². The van der Waals surface area contributed by atoms with Crippen molar-refractivity contribution >= 4 is 5.78 Å². The predicted octanol–water partition coefficient (Wildman–Crippen LogP) is 1.14. The molecular weight excluding hydrogens is 116 g/mol. The predicted molar refractivity (Wildman–Crippen MR) is 34.2 cm³/mol. The average molecular weight is 128 g/mol. The van der Waals surface area contributed by atoms with E-state index >= 15 is 0 Å². The average Bonchev–Trinajstić information content (AvgIpc) is 1.80. The molecule has 0 aromatic carbocycles. The Hall–Kier alpha value is -0.370. The molecule has 1 saturated heterocycles. The van der Waals surface area contributed by atoms with Crippen LogP contribution in [0.1, 0.15) is 26.7 Å². The molecule has 0 aromatic rings. The fraction of sp³-hybridized carbons (Fsp3) is 0.857. The maximum atomic E-state index is 10.8. The molecule has 0 spiro atoms. The summed E-state index contributed by atoms with van der Waals surface area (Å²) in [6.45, 7) is 3.82. The van der Waals surface area contributed by atoms with Crippen molar-refractivity contribution in [2.75, 3.05) is 0 Å². The van der Waals surface area contributed by atoms with E-state index in [-0.39, 0.29) is 18.0 Å². The highest BCUT2D eigenvalue weighted by Gasteiger charge is 2.22. The Kier molecular flexibility index (Phi) is 1.86. The summed E-state index contributed by atoms with van der Waals surface area (Å²) in [5, 5.41) is 0. The van der Waals surface area contributed by atoms with Gasteiger partial charge in [0.25, 0.3) is 0 Å². The Morgan fingerprint density at radius 3 is 2.67 bits per heavy atom. The Balaban J connectivity index is 2.44. The third-order valence-electron chi connectivity index (χ3n) is 1.69. The molecule has 1 rings (SSSR count). The zero-order valence-electron chi connectivity index (χ0n) is 5.89. The van der Waals surface area contributed by atoms with E-state index in [9.17, 15) is 4.79 Å². The van der Waals surface area contributed by atoms with Crippen LogP contribution in [0.2, 0.25) is 0 Å². The Bertz CT molecular complexity index is 120. The van der Waals surface area contributed by atoms with Crippen molar-refractivity contribution in [2.45, 2.75) is 38.9 Å². The van der Waals surface area contributed by atoms with E-state index in [1.165, 1.54) is 0 Å². The van der Waals surface area contributed by atoms with Crippen LogP contribution >= 0.6 is 0 Å². The molecule has 1 heterocycles. The largest absolute Gasteiger partial charge is 0.368 e. The van der Waals surface area contributed by atoms with Crippen molar-refractivity contribution in [3.05, 3.63) is 0 Å². The summed E-state index contributed by atoms with van der Waals surface area (Å²) in [4.78, 5) is 10.8. The van der Waals surface area contributed by atoms with Crippen molar-refractivity contribution in [2.24, 2.45) is 0 Å². The number of hydrogen-bond acceptors (Lipinski definition) is 2. The van der Waals surface area contributed by atoms with Gasteiger partial charge in [0, 0.05) is 6.42 Å². The Morgan fingerprint density at radius 1 is 1.56 bits per heavy atom. The van der Waals surface area contributed by atoms with Crippen LogP contribution in [-0.2, 0) is 9.53 Å². The molecule has 2 heteroatoms. The van der Waals surface area contributed by atoms with Gasteiger partial charge in [0.1, 0.15) is 6.10 Å². The number of ether oxygens (including phenoxy) is 1. The molecule has 0 saturated carbocycles. The van der Waals surface area contributed by atoms with Crippen molar-refractivity contribution < 1.29 is 9.53 Å².